The van der Waals surface area contributed by atoms with Crippen LogP contribution in [-0.4, -0.2) is 54.1 Å². The van der Waals surface area contributed by atoms with Crippen molar-refractivity contribution in [2.24, 2.45) is 0 Å². The van der Waals surface area contributed by atoms with Gasteiger partial charge in [-0.05, 0) is 37.6 Å². The van der Waals surface area contributed by atoms with Gasteiger partial charge in [0.25, 0.3) is 0 Å². The molecule has 0 amide bonds. The molecule has 0 fully saturated rings. The van der Waals surface area contributed by atoms with Crippen LogP contribution in [0.4, 0.5) is 0 Å². The Bertz CT molecular complexity index is 669. The molecule has 0 aliphatic rings. The molecular weight excluding hydrogens is 328 g/mol. The molecule has 0 unspecified atom stereocenters. The zero-order chi connectivity index (χ0) is 16.8. The maximum Gasteiger partial charge on any atom is 0.240 e. The average Bonchev–Trinajstić information content (AvgIpc) is 2.43. The molecule has 1 rings (SSSR count). The van der Waals surface area contributed by atoms with E-state index in [1.54, 1.807) is 12.1 Å². The molecule has 0 heterocycles. The molecule has 22 heavy (non-hydrogen) atoms. The lowest BCUT2D eigenvalue weighted by Gasteiger charge is -2.14. The standard InChI is InChI=1S/C13H22N2O5S2/c1-4-20-12-6-8-13(9-7-12)22(18,19)14-10-5-11-15(2)21(3,16)17/h6-9,14H,4-5,10-11H2,1-3H3. The van der Waals surface area contributed by atoms with Crippen LogP contribution in [0.1, 0.15) is 13.3 Å². The summed E-state index contributed by atoms with van der Waals surface area (Å²) in [6.07, 6.45) is 1.50. The maximum atomic E-state index is 12.1. The molecule has 0 saturated carbocycles. The number of nitrogens with one attached hydrogen (secondary N) is 1. The second-order valence-electron chi connectivity index (χ2n) is 4.74. The summed E-state index contributed by atoms with van der Waals surface area (Å²) in [7, 11) is -5.38. The van der Waals surface area contributed by atoms with Gasteiger partial charge in [-0.3, -0.25) is 0 Å². The van der Waals surface area contributed by atoms with Gasteiger partial charge < -0.3 is 4.74 Å². The Hall–Kier alpha value is -1.16. The second-order valence-corrected chi connectivity index (χ2v) is 8.60. The van der Waals surface area contributed by atoms with Crippen LogP contribution in [-0.2, 0) is 20.0 Å². The number of ether oxygens (including phenoxy) is 1. The number of benzene rings is 1. The minimum atomic E-state index is -3.60. The van der Waals surface area contributed by atoms with E-state index in [1.807, 2.05) is 6.92 Å². The van der Waals surface area contributed by atoms with Crippen molar-refractivity contribution in [3.05, 3.63) is 24.3 Å². The van der Waals surface area contributed by atoms with Crippen molar-refractivity contribution in [2.75, 3.05) is 33.0 Å². The fraction of sp³-hybridized carbons (Fsp3) is 0.538. The predicted molar refractivity (Wildman–Crippen MR) is 84.9 cm³/mol. The van der Waals surface area contributed by atoms with E-state index in [-0.39, 0.29) is 18.0 Å². The maximum absolute atomic E-state index is 12.1. The molecule has 0 saturated heterocycles. The second kappa shape index (κ2) is 7.91. The van der Waals surface area contributed by atoms with E-state index in [2.05, 4.69) is 4.72 Å². The van der Waals surface area contributed by atoms with Gasteiger partial charge in [-0.15, -0.1) is 0 Å². The summed E-state index contributed by atoms with van der Waals surface area (Å²) in [6, 6.07) is 6.12. The molecule has 1 aromatic rings. The first-order chi connectivity index (χ1) is 10.2. The Morgan fingerprint density at radius 1 is 1.14 bits per heavy atom. The van der Waals surface area contributed by atoms with Gasteiger partial charge in [-0.25, -0.2) is 25.9 Å². The van der Waals surface area contributed by atoms with E-state index in [9.17, 15) is 16.8 Å². The van der Waals surface area contributed by atoms with Gasteiger partial charge in [0.1, 0.15) is 5.75 Å². The summed E-state index contributed by atoms with van der Waals surface area (Å²) in [6.45, 7) is 2.78. The highest BCUT2D eigenvalue weighted by Gasteiger charge is 2.14. The van der Waals surface area contributed by atoms with Gasteiger partial charge in [0.15, 0.2) is 0 Å². The van der Waals surface area contributed by atoms with E-state index >= 15 is 0 Å². The van der Waals surface area contributed by atoms with Crippen molar-refractivity contribution in [3.63, 3.8) is 0 Å². The molecule has 9 heteroatoms. The predicted octanol–water partition coefficient (Wildman–Crippen LogP) is 0.645. The van der Waals surface area contributed by atoms with E-state index in [0.29, 0.717) is 18.8 Å². The molecule has 0 radical (unpaired) electrons. The third kappa shape index (κ3) is 5.91. The largest absolute Gasteiger partial charge is 0.494 e. The quantitative estimate of drug-likeness (QED) is 0.660. The molecule has 0 aliphatic carbocycles. The van der Waals surface area contributed by atoms with Crippen molar-refractivity contribution >= 4 is 20.0 Å². The van der Waals surface area contributed by atoms with Crippen LogP contribution in [0.5, 0.6) is 5.75 Å². The average molecular weight is 350 g/mol. The number of hydrogen-bond donors (Lipinski definition) is 1. The van der Waals surface area contributed by atoms with Gasteiger partial charge in [0.05, 0.1) is 17.8 Å². The van der Waals surface area contributed by atoms with Crippen molar-refractivity contribution in [1.29, 1.82) is 0 Å². The fourth-order valence-corrected chi connectivity index (χ4v) is 3.17. The fourth-order valence-electron chi connectivity index (χ4n) is 1.64. The van der Waals surface area contributed by atoms with Crippen LogP contribution < -0.4 is 9.46 Å². The summed E-state index contributed by atoms with van der Waals surface area (Å²) in [5, 5.41) is 0. The van der Waals surface area contributed by atoms with Crippen LogP contribution in [0.2, 0.25) is 0 Å². The topological polar surface area (TPSA) is 92.8 Å². The molecule has 7 nitrogen and oxygen atoms in total. The molecule has 126 valence electrons. The summed E-state index contributed by atoms with van der Waals surface area (Å²) in [5.41, 5.74) is 0. The van der Waals surface area contributed by atoms with E-state index in [1.165, 1.54) is 23.5 Å². The van der Waals surface area contributed by atoms with E-state index in [4.69, 9.17) is 4.74 Å². The van der Waals surface area contributed by atoms with Gasteiger partial charge >= 0.3 is 0 Å². The lowest BCUT2D eigenvalue weighted by Crippen LogP contribution is -2.31. The van der Waals surface area contributed by atoms with Crippen molar-refractivity contribution in [3.8, 4) is 5.75 Å². The van der Waals surface area contributed by atoms with E-state index in [0.717, 1.165) is 6.26 Å². The van der Waals surface area contributed by atoms with E-state index < -0.39 is 20.0 Å². The lowest BCUT2D eigenvalue weighted by atomic mass is 10.3. The molecule has 0 atom stereocenters. The molecule has 0 aliphatic heterocycles. The zero-order valence-electron chi connectivity index (χ0n) is 12.9. The van der Waals surface area contributed by atoms with Crippen molar-refractivity contribution in [1.82, 2.24) is 9.03 Å². The summed E-state index contributed by atoms with van der Waals surface area (Å²) in [5.74, 6) is 0.608. The van der Waals surface area contributed by atoms with Gasteiger partial charge in [-0.1, -0.05) is 0 Å². The summed E-state index contributed by atoms with van der Waals surface area (Å²) >= 11 is 0. The van der Waals surface area contributed by atoms with Gasteiger partial charge in [-0.2, -0.15) is 0 Å². The number of hydrogen-bond acceptors (Lipinski definition) is 5. The normalized spacial score (nSPS) is 12.5. The highest BCUT2D eigenvalue weighted by atomic mass is 32.2. The Balaban J connectivity index is 2.54. The Labute approximate surface area is 132 Å². The van der Waals surface area contributed by atoms with Crippen LogP contribution in [0.3, 0.4) is 0 Å². The smallest absolute Gasteiger partial charge is 0.240 e. The molecule has 0 bridgehead atoms. The third-order valence-electron chi connectivity index (χ3n) is 2.95. The van der Waals surface area contributed by atoms with Crippen LogP contribution in [0.25, 0.3) is 0 Å². The van der Waals surface area contributed by atoms with Gasteiger partial charge in [0, 0.05) is 20.1 Å². The van der Waals surface area contributed by atoms with Crippen molar-refractivity contribution < 1.29 is 21.6 Å². The first-order valence-corrected chi connectivity index (χ1v) is 10.1. The first-order valence-electron chi connectivity index (χ1n) is 6.80. The Morgan fingerprint density at radius 2 is 1.73 bits per heavy atom. The molecule has 1 N–H and O–H groups in total. The summed E-state index contributed by atoms with van der Waals surface area (Å²) in [4.78, 5) is 0.146. The first kappa shape index (κ1) is 18.9. The molecule has 0 spiro atoms. The van der Waals surface area contributed by atoms with Crippen LogP contribution in [0, 0.1) is 0 Å². The molecule has 1 aromatic carbocycles. The highest BCUT2D eigenvalue weighted by Crippen LogP contribution is 2.15. The lowest BCUT2D eigenvalue weighted by molar-refractivity contribution is 0.340. The Kier molecular flexibility index (Phi) is 6.79. The van der Waals surface area contributed by atoms with Gasteiger partial charge in [0.2, 0.25) is 20.0 Å². The minimum Gasteiger partial charge on any atom is -0.494 e. The number of nitrogens with zero attached hydrogens (tertiary/aromatic N) is 1. The molecule has 0 aromatic heterocycles. The summed E-state index contributed by atoms with van der Waals surface area (Å²) < 4.78 is 55.4. The monoisotopic (exact) mass is 350 g/mol. The minimum absolute atomic E-state index is 0.146. The highest BCUT2D eigenvalue weighted by molar-refractivity contribution is 7.89. The Morgan fingerprint density at radius 3 is 2.23 bits per heavy atom. The van der Waals surface area contributed by atoms with Crippen LogP contribution in [0.15, 0.2) is 29.2 Å². The SMILES string of the molecule is CCOc1ccc(S(=O)(=O)NCCCN(C)S(C)(=O)=O)cc1. The third-order valence-corrected chi connectivity index (χ3v) is 5.74. The zero-order valence-corrected chi connectivity index (χ0v) is 14.6. The van der Waals surface area contributed by atoms with Crippen LogP contribution >= 0.6 is 0 Å². The molecular formula is C13H22N2O5S2. The number of rotatable bonds is 9. The number of sulfonamides is 2. The van der Waals surface area contributed by atoms with Crippen molar-refractivity contribution in [2.45, 2.75) is 18.2 Å².